The van der Waals surface area contributed by atoms with Gasteiger partial charge < -0.3 is 4.74 Å². The fraction of sp³-hybridized carbons (Fsp3) is 0.143. The molecule has 20 heavy (non-hydrogen) atoms. The number of carbonyl (C=O) groups is 2. The van der Waals surface area contributed by atoms with Crippen LogP contribution in [0.2, 0.25) is 5.02 Å². The van der Waals surface area contributed by atoms with Gasteiger partial charge >= 0.3 is 5.97 Å². The third-order valence-corrected chi connectivity index (χ3v) is 2.81. The van der Waals surface area contributed by atoms with Gasteiger partial charge in [0.15, 0.2) is 11.8 Å². The molecule has 0 aliphatic carbocycles. The van der Waals surface area contributed by atoms with Crippen LogP contribution in [-0.2, 0) is 4.74 Å². The molecule has 0 saturated carbocycles. The third-order valence-electron chi connectivity index (χ3n) is 2.55. The molecule has 0 aliphatic heterocycles. The van der Waals surface area contributed by atoms with Gasteiger partial charge in [0.25, 0.3) is 0 Å². The van der Waals surface area contributed by atoms with Crippen LogP contribution in [0.5, 0.6) is 0 Å². The predicted molar refractivity (Wildman–Crippen MR) is 72.7 cm³/mol. The predicted octanol–water partition coefficient (Wildman–Crippen LogP) is 2.56. The summed E-state index contributed by atoms with van der Waals surface area (Å²) < 4.78 is 5.06. The second-order valence-corrected chi connectivity index (χ2v) is 4.45. The summed E-state index contributed by atoms with van der Waals surface area (Å²) in [7, 11) is 0. The number of esters is 1. The molecule has 1 atom stereocenters. The van der Waals surface area contributed by atoms with Gasteiger partial charge in [-0.3, -0.25) is 9.78 Å². The largest absolute Gasteiger partial charge is 0.449 e. The molecule has 0 N–H and O–H groups in total. The number of ketones is 1. The quantitative estimate of drug-likeness (QED) is 0.639. The molecule has 6 heteroatoms. The van der Waals surface area contributed by atoms with Gasteiger partial charge in [0.1, 0.15) is 0 Å². The van der Waals surface area contributed by atoms with Gasteiger partial charge in [-0.2, -0.15) is 0 Å². The minimum Gasteiger partial charge on any atom is -0.449 e. The Morgan fingerprint density at radius 3 is 2.50 bits per heavy atom. The van der Waals surface area contributed by atoms with E-state index >= 15 is 0 Å². The number of halogens is 1. The lowest BCUT2D eigenvalue weighted by Crippen LogP contribution is -2.24. The number of carbonyl (C=O) groups excluding carboxylic acids is 2. The maximum atomic E-state index is 12.1. The zero-order chi connectivity index (χ0) is 14.5. The van der Waals surface area contributed by atoms with E-state index in [4.69, 9.17) is 16.3 Å². The molecule has 0 fully saturated rings. The molecule has 0 saturated heterocycles. The SMILES string of the molecule is C[C@H](OC(=O)c1cnccn1)C(=O)c1ccc(Cl)cc1. The van der Waals surface area contributed by atoms with E-state index in [1.807, 2.05) is 0 Å². The minimum absolute atomic E-state index is 0.0586. The summed E-state index contributed by atoms with van der Waals surface area (Å²) in [4.78, 5) is 31.4. The highest BCUT2D eigenvalue weighted by atomic mass is 35.5. The molecular weight excluding hydrogens is 280 g/mol. The van der Waals surface area contributed by atoms with Gasteiger partial charge in [-0.25, -0.2) is 9.78 Å². The van der Waals surface area contributed by atoms with Gasteiger partial charge in [-0.1, -0.05) is 11.6 Å². The Morgan fingerprint density at radius 2 is 1.90 bits per heavy atom. The normalized spacial score (nSPS) is 11.7. The van der Waals surface area contributed by atoms with Crippen LogP contribution in [0.1, 0.15) is 27.8 Å². The summed E-state index contributed by atoms with van der Waals surface area (Å²) in [6.07, 6.45) is 3.19. The number of rotatable bonds is 4. The number of nitrogens with zero attached hydrogens (tertiary/aromatic N) is 2. The lowest BCUT2D eigenvalue weighted by Gasteiger charge is -2.11. The van der Waals surface area contributed by atoms with Crippen molar-refractivity contribution in [3.8, 4) is 0 Å². The monoisotopic (exact) mass is 290 g/mol. The highest BCUT2D eigenvalue weighted by Crippen LogP contribution is 2.13. The lowest BCUT2D eigenvalue weighted by atomic mass is 10.1. The molecule has 1 heterocycles. The first kappa shape index (κ1) is 14.1. The Hall–Kier alpha value is -2.27. The van der Waals surface area contributed by atoms with Crippen LogP contribution in [0, 0.1) is 0 Å². The van der Waals surface area contributed by atoms with E-state index < -0.39 is 12.1 Å². The van der Waals surface area contributed by atoms with Crippen LogP contribution in [0.4, 0.5) is 0 Å². The van der Waals surface area contributed by atoms with E-state index in [1.165, 1.54) is 25.5 Å². The molecule has 0 spiro atoms. The summed E-state index contributed by atoms with van der Waals surface area (Å²) in [6, 6.07) is 6.37. The Morgan fingerprint density at radius 1 is 1.20 bits per heavy atom. The first-order valence-corrected chi connectivity index (χ1v) is 6.22. The lowest BCUT2D eigenvalue weighted by molar-refractivity contribution is 0.0312. The molecule has 0 unspecified atom stereocenters. The first-order chi connectivity index (χ1) is 9.58. The average molecular weight is 291 g/mol. The molecule has 0 aliphatic rings. The van der Waals surface area contributed by atoms with Crippen LogP contribution in [0.25, 0.3) is 0 Å². The molecule has 2 aromatic rings. The Kier molecular flexibility index (Phi) is 4.42. The van der Waals surface area contributed by atoms with Crippen molar-refractivity contribution in [1.82, 2.24) is 9.97 Å². The van der Waals surface area contributed by atoms with Crippen LogP contribution in [0.3, 0.4) is 0 Å². The number of ether oxygens (including phenoxy) is 1. The van der Waals surface area contributed by atoms with E-state index in [9.17, 15) is 9.59 Å². The fourth-order valence-corrected chi connectivity index (χ4v) is 1.65. The number of Topliss-reactive ketones (excluding diaryl/α,β-unsaturated/α-hetero) is 1. The van der Waals surface area contributed by atoms with Crippen LogP contribution in [0.15, 0.2) is 42.9 Å². The van der Waals surface area contributed by atoms with Crippen molar-refractivity contribution in [3.63, 3.8) is 0 Å². The third kappa shape index (κ3) is 3.39. The van der Waals surface area contributed by atoms with Crippen molar-refractivity contribution >= 4 is 23.4 Å². The van der Waals surface area contributed by atoms with E-state index in [-0.39, 0.29) is 11.5 Å². The Balaban J connectivity index is 2.05. The molecule has 0 radical (unpaired) electrons. The summed E-state index contributed by atoms with van der Waals surface area (Å²) in [5.74, 6) is -0.994. The first-order valence-electron chi connectivity index (χ1n) is 5.84. The van der Waals surface area contributed by atoms with Crippen LogP contribution >= 0.6 is 11.6 Å². The Labute approximate surface area is 120 Å². The second-order valence-electron chi connectivity index (χ2n) is 4.01. The van der Waals surface area contributed by atoms with Gasteiger partial charge in [0.05, 0.1) is 6.20 Å². The zero-order valence-corrected chi connectivity index (χ0v) is 11.4. The second kappa shape index (κ2) is 6.25. The van der Waals surface area contributed by atoms with Gasteiger partial charge in [-0.05, 0) is 31.2 Å². The maximum absolute atomic E-state index is 12.1. The summed E-state index contributed by atoms with van der Waals surface area (Å²) >= 11 is 5.75. The van der Waals surface area contributed by atoms with Gasteiger partial charge in [0, 0.05) is 23.0 Å². The van der Waals surface area contributed by atoms with Crippen LogP contribution in [-0.4, -0.2) is 27.8 Å². The standard InChI is InChI=1S/C14H11ClN2O3/c1-9(13(18)10-2-4-11(15)5-3-10)20-14(19)12-8-16-6-7-17-12/h2-9H,1H3/t9-/m0/s1. The van der Waals surface area contributed by atoms with Crippen molar-refractivity contribution in [3.05, 3.63) is 59.1 Å². The molecule has 2 rings (SSSR count). The Bertz CT molecular complexity index is 614. The smallest absolute Gasteiger partial charge is 0.359 e. The van der Waals surface area contributed by atoms with Crippen molar-refractivity contribution in [2.75, 3.05) is 0 Å². The number of benzene rings is 1. The maximum Gasteiger partial charge on any atom is 0.359 e. The molecule has 1 aromatic heterocycles. The van der Waals surface area contributed by atoms with Crippen molar-refractivity contribution < 1.29 is 14.3 Å². The molecular formula is C14H11ClN2O3. The zero-order valence-electron chi connectivity index (χ0n) is 10.6. The molecule has 1 aromatic carbocycles. The molecule has 0 bridgehead atoms. The van der Waals surface area contributed by atoms with Gasteiger partial charge in [-0.15, -0.1) is 0 Å². The van der Waals surface area contributed by atoms with Crippen LogP contribution < -0.4 is 0 Å². The van der Waals surface area contributed by atoms with Crippen molar-refractivity contribution in [2.24, 2.45) is 0 Å². The number of hydrogen-bond acceptors (Lipinski definition) is 5. The minimum atomic E-state index is -0.911. The van der Waals surface area contributed by atoms with E-state index in [2.05, 4.69) is 9.97 Å². The summed E-state index contributed by atoms with van der Waals surface area (Å²) in [5.41, 5.74) is 0.483. The number of aromatic nitrogens is 2. The topological polar surface area (TPSA) is 69.2 Å². The molecule has 0 amide bonds. The highest BCUT2D eigenvalue weighted by molar-refractivity contribution is 6.30. The molecule has 102 valence electrons. The number of hydrogen-bond donors (Lipinski definition) is 0. The molecule has 5 nitrogen and oxygen atoms in total. The summed E-state index contributed by atoms with van der Waals surface area (Å²) in [6.45, 7) is 1.51. The highest BCUT2D eigenvalue weighted by Gasteiger charge is 2.21. The van der Waals surface area contributed by atoms with E-state index in [0.29, 0.717) is 10.6 Å². The van der Waals surface area contributed by atoms with Gasteiger partial charge in [0.2, 0.25) is 5.78 Å². The van der Waals surface area contributed by atoms with E-state index in [0.717, 1.165) is 0 Å². The fourth-order valence-electron chi connectivity index (χ4n) is 1.53. The average Bonchev–Trinajstić information content (AvgIpc) is 2.48. The summed E-state index contributed by atoms with van der Waals surface area (Å²) in [5, 5.41) is 0.533. The van der Waals surface area contributed by atoms with Crippen molar-refractivity contribution in [1.29, 1.82) is 0 Å². The van der Waals surface area contributed by atoms with E-state index in [1.54, 1.807) is 24.3 Å². The van der Waals surface area contributed by atoms with Crippen molar-refractivity contribution in [2.45, 2.75) is 13.0 Å².